The molecule has 2 amide bonds. The molecule has 0 aliphatic carbocycles. The molecule has 6 nitrogen and oxygen atoms in total. The molecule has 1 saturated heterocycles. The van der Waals surface area contributed by atoms with Crippen LogP contribution in [0.25, 0.3) is 0 Å². The smallest absolute Gasteiger partial charge is 0.329 e. The van der Waals surface area contributed by atoms with E-state index in [-0.39, 0.29) is 18.4 Å². The number of carbonyl (C=O) groups excluding carboxylic acids is 3. The van der Waals surface area contributed by atoms with Crippen molar-refractivity contribution < 1.29 is 19.1 Å². The minimum absolute atomic E-state index is 0.173. The molecular formula is C15H17ClN2O4. The van der Waals surface area contributed by atoms with Gasteiger partial charge in [-0.3, -0.25) is 9.59 Å². The largest absolute Gasteiger partial charge is 0.454 e. The highest BCUT2D eigenvalue weighted by atomic mass is 35.5. The van der Waals surface area contributed by atoms with Gasteiger partial charge in [0.2, 0.25) is 5.91 Å². The second kappa shape index (κ2) is 7.79. The van der Waals surface area contributed by atoms with Gasteiger partial charge in [-0.1, -0.05) is 23.7 Å². The average Bonchev–Trinajstić information content (AvgIpc) is 2.91. The maximum atomic E-state index is 11.6. The normalized spacial score (nSPS) is 17.0. The molecule has 0 aromatic heterocycles. The quantitative estimate of drug-likeness (QED) is 0.759. The summed E-state index contributed by atoms with van der Waals surface area (Å²) in [5.74, 6) is -1.12. The van der Waals surface area contributed by atoms with Crippen molar-refractivity contribution in [2.75, 3.05) is 13.2 Å². The summed E-state index contributed by atoms with van der Waals surface area (Å²) in [7, 11) is 0. The molecule has 7 heteroatoms. The Morgan fingerprint density at radius 3 is 2.91 bits per heavy atom. The highest BCUT2D eigenvalue weighted by Crippen LogP contribution is 2.10. The first-order chi connectivity index (χ1) is 10.5. The summed E-state index contributed by atoms with van der Waals surface area (Å²) >= 11 is 5.87. The number of ether oxygens (including phenoxy) is 1. The van der Waals surface area contributed by atoms with Crippen molar-refractivity contribution in [3.8, 4) is 0 Å². The van der Waals surface area contributed by atoms with Crippen molar-refractivity contribution >= 4 is 29.4 Å². The van der Waals surface area contributed by atoms with Crippen molar-refractivity contribution in [3.63, 3.8) is 0 Å². The van der Waals surface area contributed by atoms with Gasteiger partial charge in [-0.05, 0) is 30.5 Å². The lowest BCUT2D eigenvalue weighted by Gasteiger charge is -2.10. The minimum atomic E-state index is -0.633. The fraction of sp³-hybridized carbons (Fsp3) is 0.400. The first kappa shape index (κ1) is 16.3. The third kappa shape index (κ3) is 5.04. The number of hydrogen-bond acceptors (Lipinski definition) is 4. The Labute approximate surface area is 133 Å². The predicted molar refractivity (Wildman–Crippen MR) is 80.3 cm³/mol. The Morgan fingerprint density at radius 2 is 2.23 bits per heavy atom. The van der Waals surface area contributed by atoms with Crippen LogP contribution in [0.4, 0.5) is 0 Å². The van der Waals surface area contributed by atoms with Gasteiger partial charge in [-0.15, -0.1) is 0 Å². The minimum Gasteiger partial charge on any atom is -0.454 e. The van der Waals surface area contributed by atoms with E-state index in [9.17, 15) is 14.4 Å². The van der Waals surface area contributed by atoms with Crippen LogP contribution < -0.4 is 10.6 Å². The molecule has 0 unspecified atom stereocenters. The Balaban J connectivity index is 1.63. The Hall–Kier alpha value is -2.08. The molecule has 2 N–H and O–H groups in total. The van der Waals surface area contributed by atoms with E-state index in [0.29, 0.717) is 30.8 Å². The molecule has 1 aliphatic rings. The fourth-order valence-electron chi connectivity index (χ4n) is 2.12. The highest BCUT2D eigenvalue weighted by molar-refractivity contribution is 6.30. The van der Waals surface area contributed by atoms with Crippen LogP contribution >= 0.6 is 11.6 Å². The fourth-order valence-corrected chi connectivity index (χ4v) is 2.33. The summed E-state index contributed by atoms with van der Waals surface area (Å²) in [6.45, 7) is 0.0810. The van der Waals surface area contributed by atoms with E-state index in [1.54, 1.807) is 6.07 Å². The number of amides is 2. The third-order valence-corrected chi connectivity index (χ3v) is 3.49. The van der Waals surface area contributed by atoms with E-state index < -0.39 is 12.0 Å². The molecule has 0 spiro atoms. The molecule has 0 bridgehead atoms. The van der Waals surface area contributed by atoms with Gasteiger partial charge < -0.3 is 15.4 Å². The second-order valence-corrected chi connectivity index (χ2v) is 5.43. The Morgan fingerprint density at radius 1 is 1.41 bits per heavy atom. The van der Waals surface area contributed by atoms with Crippen molar-refractivity contribution in [1.29, 1.82) is 0 Å². The van der Waals surface area contributed by atoms with E-state index in [4.69, 9.17) is 16.3 Å². The predicted octanol–water partition coefficient (Wildman–Crippen LogP) is 0.820. The third-order valence-electron chi connectivity index (χ3n) is 3.25. The van der Waals surface area contributed by atoms with Gasteiger partial charge in [0.25, 0.3) is 5.91 Å². The lowest BCUT2D eigenvalue weighted by Crippen LogP contribution is -2.37. The zero-order valence-corrected chi connectivity index (χ0v) is 12.7. The van der Waals surface area contributed by atoms with E-state index in [2.05, 4.69) is 10.6 Å². The Kier molecular flexibility index (Phi) is 5.77. The van der Waals surface area contributed by atoms with Crippen LogP contribution in [0.5, 0.6) is 0 Å². The van der Waals surface area contributed by atoms with Crippen molar-refractivity contribution in [2.24, 2.45) is 0 Å². The number of benzene rings is 1. The zero-order valence-electron chi connectivity index (χ0n) is 11.9. The molecule has 1 aromatic rings. The van der Waals surface area contributed by atoms with Crippen LogP contribution in [0.1, 0.15) is 18.4 Å². The zero-order chi connectivity index (χ0) is 15.9. The summed E-state index contributed by atoms with van der Waals surface area (Å²) in [5, 5.41) is 5.80. The van der Waals surface area contributed by atoms with Crippen molar-refractivity contribution in [1.82, 2.24) is 10.6 Å². The van der Waals surface area contributed by atoms with Gasteiger partial charge in [0.15, 0.2) is 6.61 Å². The van der Waals surface area contributed by atoms with Crippen molar-refractivity contribution in [2.45, 2.75) is 25.3 Å². The van der Waals surface area contributed by atoms with Gasteiger partial charge in [0.1, 0.15) is 6.04 Å². The Bertz CT molecular complexity index is 576. The molecule has 1 aromatic carbocycles. The van der Waals surface area contributed by atoms with Crippen LogP contribution in [0.3, 0.4) is 0 Å². The molecule has 1 heterocycles. The van der Waals surface area contributed by atoms with E-state index in [1.165, 1.54) is 0 Å². The number of halogens is 1. The molecule has 1 aliphatic heterocycles. The maximum Gasteiger partial charge on any atom is 0.329 e. The number of hydrogen-bond donors (Lipinski definition) is 2. The van der Waals surface area contributed by atoms with Crippen LogP contribution in [-0.4, -0.2) is 37.0 Å². The number of esters is 1. The molecular weight excluding hydrogens is 308 g/mol. The second-order valence-electron chi connectivity index (χ2n) is 5.00. The lowest BCUT2D eigenvalue weighted by molar-refractivity contribution is -0.150. The summed E-state index contributed by atoms with van der Waals surface area (Å²) < 4.78 is 4.87. The molecule has 118 valence electrons. The van der Waals surface area contributed by atoms with Crippen LogP contribution in [0, 0.1) is 0 Å². The van der Waals surface area contributed by atoms with Crippen LogP contribution in [0.15, 0.2) is 24.3 Å². The molecule has 0 radical (unpaired) electrons. The summed E-state index contributed by atoms with van der Waals surface area (Å²) in [5.41, 5.74) is 1.01. The molecule has 2 rings (SSSR count). The van der Waals surface area contributed by atoms with Crippen LogP contribution in [-0.2, 0) is 25.5 Å². The molecule has 0 saturated carbocycles. The topological polar surface area (TPSA) is 84.5 Å². The van der Waals surface area contributed by atoms with Gasteiger partial charge in [-0.2, -0.15) is 0 Å². The first-order valence-electron chi connectivity index (χ1n) is 7.02. The number of rotatable bonds is 6. The monoisotopic (exact) mass is 324 g/mol. The lowest BCUT2D eigenvalue weighted by atomic mass is 10.1. The maximum absolute atomic E-state index is 11.6. The van der Waals surface area contributed by atoms with Gasteiger partial charge in [0.05, 0.1) is 0 Å². The average molecular weight is 325 g/mol. The molecule has 22 heavy (non-hydrogen) atoms. The first-order valence-corrected chi connectivity index (χ1v) is 7.39. The van der Waals surface area contributed by atoms with E-state index >= 15 is 0 Å². The molecule has 1 fully saturated rings. The van der Waals surface area contributed by atoms with E-state index in [1.807, 2.05) is 18.2 Å². The van der Waals surface area contributed by atoms with Gasteiger partial charge in [-0.25, -0.2) is 4.79 Å². The highest BCUT2D eigenvalue weighted by Gasteiger charge is 2.28. The number of carbonyl (C=O) groups is 3. The number of nitrogens with one attached hydrogen (secondary N) is 2. The van der Waals surface area contributed by atoms with Crippen molar-refractivity contribution in [3.05, 3.63) is 34.9 Å². The summed E-state index contributed by atoms with van der Waals surface area (Å²) in [6, 6.07) is 6.74. The van der Waals surface area contributed by atoms with Gasteiger partial charge >= 0.3 is 5.97 Å². The molecule has 1 atom stereocenters. The standard InChI is InChI=1S/C15H17ClN2O4/c16-11-3-1-2-10(8-11)6-7-17-14(20)9-22-15(21)12-4-5-13(19)18-12/h1-3,8,12H,4-7,9H2,(H,17,20)(H,18,19)/t12-/m1/s1. The summed E-state index contributed by atoms with van der Waals surface area (Å²) in [6.07, 6.45) is 1.36. The SMILES string of the molecule is O=C(COC(=O)[C@H]1CCC(=O)N1)NCCc1cccc(Cl)c1. The van der Waals surface area contributed by atoms with Crippen LogP contribution in [0.2, 0.25) is 5.02 Å². The summed E-state index contributed by atoms with van der Waals surface area (Å²) in [4.78, 5) is 34.2. The van der Waals surface area contributed by atoms with Gasteiger partial charge in [0, 0.05) is 18.0 Å². The van der Waals surface area contributed by atoms with E-state index in [0.717, 1.165) is 5.56 Å².